The number of anilines is 1. The second-order valence-corrected chi connectivity index (χ2v) is 6.56. The van der Waals surface area contributed by atoms with Gasteiger partial charge in [-0.1, -0.05) is 54.6 Å². The molecule has 1 fully saturated rings. The summed E-state index contributed by atoms with van der Waals surface area (Å²) >= 11 is 0. The second kappa shape index (κ2) is 7.04. The Bertz CT molecular complexity index is 897. The summed E-state index contributed by atoms with van der Waals surface area (Å²) in [5, 5.41) is 7.13. The van der Waals surface area contributed by atoms with Crippen LogP contribution in [-0.4, -0.2) is 22.0 Å². The summed E-state index contributed by atoms with van der Waals surface area (Å²) in [6.07, 6.45) is 4.43. The largest absolute Gasteiger partial charge is 0.446 e. The molecule has 2 aromatic carbocycles. The van der Waals surface area contributed by atoms with Crippen LogP contribution in [0.4, 0.5) is 10.6 Å². The predicted octanol–water partition coefficient (Wildman–Crippen LogP) is 4.86. The average molecular weight is 347 g/mol. The van der Waals surface area contributed by atoms with E-state index < -0.39 is 6.09 Å². The van der Waals surface area contributed by atoms with Crippen LogP contribution in [0.1, 0.15) is 19.3 Å². The molecule has 1 aliphatic carbocycles. The highest BCUT2D eigenvalue weighted by atomic mass is 16.6. The van der Waals surface area contributed by atoms with Crippen molar-refractivity contribution in [3.8, 4) is 22.3 Å². The molecular weight excluding hydrogens is 326 g/mol. The van der Waals surface area contributed by atoms with E-state index in [1.54, 1.807) is 17.9 Å². The first-order valence-electron chi connectivity index (χ1n) is 8.86. The molecule has 4 rings (SSSR count). The fourth-order valence-corrected chi connectivity index (χ4v) is 3.04. The van der Waals surface area contributed by atoms with Crippen molar-refractivity contribution in [2.45, 2.75) is 25.4 Å². The van der Waals surface area contributed by atoms with Gasteiger partial charge in [-0.05, 0) is 36.0 Å². The van der Waals surface area contributed by atoms with Gasteiger partial charge in [-0.15, -0.1) is 0 Å². The Morgan fingerprint density at radius 3 is 2.35 bits per heavy atom. The summed E-state index contributed by atoms with van der Waals surface area (Å²) < 4.78 is 7.05. The molecule has 132 valence electrons. The molecule has 1 aliphatic rings. The zero-order chi connectivity index (χ0) is 17.9. The number of ether oxygens (including phenoxy) is 1. The van der Waals surface area contributed by atoms with Crippen molar-refractivity contribution in [2.24, 2.45) is 7.05 Å². The smallest absolute Gasteiger partial charge is 0.413 e. The Hall–Kier alpha value is -3.08. The molecule has 1 amide bonds. The minimum absolute atomic E-state index is 0.0526. The number of aryl methyl sites for hydroxylation is 1. The van der Waals surface area contributed by atoms with E-state index in [1.165, 1.54) is 5.56 Å². The van der Waals surface area contributed by atoms with Gasteiger partial charge in [-0.3, -0.25) is 10.00 Å². The lowest BCUT2D eigenvalue weighted by Gasteiger charge is -2.25. The van der Waals surface area contributed by atoms with E-state index in [-0.39, 0.29) is 6.10 Å². The van der Waals surface area contributed by atoms with Crippen molar-refractivity contribution < 1.29 is 9.53 Å². The van der Waals surface area contributed by atoms with Gasteiger partial charge in [0.15, 0.2) is 0 Å². The Balaban J connectivity index is 1.55. The third-order valence-corrected chi connectivity index (χ3v) is 4.79. The molecule has 5 nitrogen and oxygen atoms in total. The number of aromatic nitrogens is 2. The first-order valence-corrected chi connectivity index (χ1v) is 8.86. The van der Waals surface area contributed by atoms with Crippen molar-refractivity contribution in [2.75, 3.05) is 5.32 Å². The van der Waals surface area contributed by atoms with Crippen LogP contribution < -0.4 is 5.32 Å². The number of benzene rings is 2. The normalized spacial score (nSPS) is 13.9. The van der Waals surface area contributed by atoms with Crippen LogP contribution in [0.15, 0.2) is 60.8 Å². The number of nitrogens with zero attached hydrogens (tertiary/aromatic N) is 2. The Morgan fingerprint density at radius 1 is 1.04 bits per heavy atom. The minimum atomic E-state index is -0.416. The summed E-state index contributed by atoms with van der Waals surface area (Å²) in [5.74, 6) is 0.641. The van der Waals surface area contributed by atoms with E-state index >= 15 is 0 Å². The van der Waals surface area contributed by atoms with Crippen molar-refractivity contribution in [1.82, 2.24) is 9.78 Å². The quantitative estimate of drug-likeness (QED) is 0.733. The standard InChI is InChI=1S/C21H21N3O2/c1-24-20(23-21(25)26-18-8-5-9-18)19(14-22-24)17-12-10-16(11-13-17)15-6-3-2-4-7-15/h2-4,6-7,10-14,18H,5,8-9H2,1H3,(H,23,25). The van der Waals surface area contributed by atoms with Crippen LogP contribution in [0.25, 0.3) is 22.3 Å². The Morgan fingerprint density at radius 2 is 1.69 bits per heavy atom. The lowest BCUT2D eigenvalue weighted by atomic mass is 9.96. The maximum atomic E-state index is 12.1. The van der Waals surface area contributed by atoms with Gasteiger partial charge in [0.05, 0.1) is 6.20 Å². The molecular formula is C21H21N3O2. The highest BCUT2D eigenvalue weighted by Crippen LogP contribution is 2.30. The lowest BCUT2D eigenvalue weighted by molar-refractivity contribution is 0.0623. The zero-order valence-electron chi connectivity index (χ0n) is 14.7. The Labute approximate surface area is 152 Å². The number of hydrogen-bond donors (Lipinski definition) is 1. The molecule has 0 atom stereocenters. The van der Waals surface area contributed by atoms with Gasteiger partial charge in [0.1, 0.15) is 11.9 Å². The lowest BCUT2D eigenvalue weighted by Crippen LogP contribution is -2.28. The van der Waals surface area contributed by atoms with Crippen molar-refractivity contribution in [3.05, 3.63) is 60.8 Å². The van der Waals surface area contributed by atoms with E-state index in [1.807, 2.05) is 30.3 Å². The number of nitrogens with one attached hydrogen (secondary N) is 1. The van der Waals surface area contributed by atoms with Crippen LogP contribution in [-0.2, 0) is 11.8 Å². The molecule has 0 radical (unpaired) electrons. The number of amides is 1. The monoisotopic (exact) mass is 347 g/mol. The third-order valence-electron chi connectivity index (χ3n) is 4.79. The molecule has 0 aliphatic heterocycles. The number of carbonyl (C=O) groups excluding carboxylic acids is 1. The fraction of sp³-hybridized carbons (Fsp3) is 0.238. The topological polar surface area (TPSA) is 56.2 Å². The molecule has 1 aromatic heterocycles. The first kappa shape index (κ1) is 16.4. The summed E-state index contributed by atoms with van der Waals surface area (Å²) in [6.45, 7) is 0. The molecule has 1 N–H and O–H groups in total. The molecule has 26 heavy (non-hydrogen) atoms. The SMILES string of the molecule is Cn1ncc(-c2ccc(-c3ccccc3)cc2)c1NC(=O)OC1CCC1. The number of hydrogen-bond acceptors (Lipinski definition) is 3. The summed E-state index contributed by atoms with van der Waals surface area (Å²) in [7, 11) is 1.81. The van der Waals surface area contributed by atoms with E-state index in [9.17, 15) is 4.79 Å². The summed E-state index contributed by atoms with van der Waals surface area (Å²) in [4.78, 5) is 12.1. The van der Waals surface area contributed by atoms with Gasteiger partial charge in [0.2, 0.25) is 0 Å². The molecule has 5 heteroatoms. The predicted molar refractivity (Wildman–Crippen MR) is 102 cm³/mol. The summed E-state index contributed by atoms with van der Waals surface area (Å²) in [6, 6.07) is 18.5. The first-order chi connectivity index (χ1) is 12.7. The molecule has 0 unspecified atom stereocenters. The van der Waals surface area contributed by atoms with Gasteiger partial charge in [-0.2, -0.15) is 5.10 Å². The van der Waals surface area contributed by atoms with Crippen LogP contribution in [0.3, 0.4) is 0 Å². The molecule has 3 aromatic rings. The third kappa shape index (κ3) is 3.33. The molecule has 0 spiro atoms. The fourth-order valence-electron chi connectivity index (χ4n) is 3.04. The van der Waals surface area contributed by atoms with Crippen LogP contribution in [0.2, 0.25) is 0 Å². The van der Waals surface area contributed by atoms with Gasteiger partial charge in [0, 0.05) is 12.6 Å². The highest BCUT2D eigenvalue weighted by Gasteiger charge is 2.23. The second-order valence-electron chi connectivity index (χ2n) is 6.56. The van der Waals surface area contributed by atoms with Crippen LogP contribution >= 0.6 is 0 Å². The molecule has 1 heterocycles. The average Bonchev–Trinajstić information content (AvgIpc) is 3.00. The van der Waals surface area contributed by atoms with Gasteiger partial charge in [-0.25, -0.2) is 4.79 Å². The van der Waals surface area contributed by atoms with Gasteiger partial charge >= 0.3 is 6.09 Å². The van der Waals surface area contributed by atoms with Crippen LogP contribution in [0.5, 0.6) is 0 Å². The number of rotatable bonds is 4. The minimum Gasteiger partial charge on any atom is -0.446 e. The maximum Gasteiger partial charge on any atom is 0.413 e. The van der Waals surface area contributed by atoms with Gasteiger partial charge in [0.25, 0.3) is 0 Å². The van der Waals surface area contributed by atoms with E-state index in [4.69, 9.17) is 4.74 Å². The van der Waals surface area contributed by atoms with E-state index in [0.29, 0.717) is 5.82 Å². The molecule has 1 saturated carbocycles. The van der Waals surface area contributed by atoms with E-state index in [0.717, 1.165) is 36.0 Å². The Kier molecular flexibility index (Phi) is 4.44. The number of carbonyl (C=O) groups is 1. The molecule has 0 bridgehead atoms. The highest BCUT2D eigenvalue weighted by molar-refractivity contribution is 5.90. The van der Waals surface area contributed by atoms with Gasteiger partial charge < -0.3 is 4.74 Å². The summed E-state index contributed by atoms with van der Waals surface area (Å²) in [5.41, 5.74) is 4.19. The van der Waals surface area contributed by atoms with Crippen LogP contribution in [0, 0.1) is 0 Å². The van der Waals surface area contributed by atoms with Crippen molar-refractivity contribution in [3.63, 3.8) is 0 Å². The van der Waals surface area contributed by atoms with E-state index in [2.05, 4.69) is 34.7 Å². The maximum absolute atomic E-state index is 12.1. The molecule has 0 saturated heterocycles. The van der Waals surface area contributed by atoms with Crippen molar-refractivity contribution in [1.29, 1.82) is 0 Å². The zero-order valence-corrected chi connectivity index (χ0v) is 14.7. The van der Waals surface area contributed by atoms with Crippen molar-refractivity contribution >= 4 is 11.9 Å².